The molecule has 1 heterocycles. The summed E-state index contributed by atoms with van der Waals surface area (Å²) in [6.45, 7) is 0. The topological polar surface area (TPSA) is 68.0 Å². The summed E-state index contributed by atoms with van der Waals surface area (Å²) in [6.07, 6.45) is 5.05. The molecular weight excluding hydrogens is 194 g/mol. The fourth-order valence-corrected chi connectivity index (χ4v) is 2.35. The maximum absolute atomic E-state index is 11.0. The second-order valence-corrected chi connectivity index (χ2v) is 4.14. The summed E-state index contributed by atoms with van der Waals surface area (Å²) in [6, 6.07) is 0. The fraction of sp³-hybridized carbons (Fsp3) is 0.700. The van der Waals surface area contributed by atoms with E-state index in [4.69, 9.17) is 5.11 Å². The van der Waals surface area contributed by atoms with E-state index in [9.17, 15) is 4.79 Å². The Hall–Kier alpha value is -1.39. The van der Waals surface area contributed by atoms with Gasteiger partial charge in [-0.1, -0.05) is 6.42 Å². The minimum Gasteiger partial charge on any atom is -0.481 e. The molecule has 15 heavy (non-hydrogen) atoms. The SMILES string of the molecule is Cn1ncnc1CC1CCCC1C(=O)O. The molecule has 2 atom stereocenters. The van der Waals surface area contributed by atoms with Gasteiger partial charge in [-0.05, 0) is 18.8 Å². The van der Waals surface area contributed by atoms with Crippen LogP contribution in [0.3, 0.4) is 0 Å². The van der Waals surface area contributed by atoms with Crippen LogP contribution in [0, 0.1) is 11.8 Å². The molecule has 1 aliphatic rings. The average Bonchev–Trinajstić information content (AvgIpc) is 2.77. The molecule has 5 nitrogen and oxygen atoms in total. The molecule has 2 rings (SSSR count). The maximum atomic E-state index is 11.0. The van der Waals surface area contributed by atoms with Gasteiger partial charge in [0, 0.05) is 13.5 Å². The van der Waals surface area contributed by atoms with Crippen molar-refractivity contribution in [3.63, 3.8) is 0 Å². The summed E-state index contributed by atoms with van der Waals surface area (Å²) in [5.41, 5.74) is 0. The zero-order valence-electron chi connectivity index (χ0n) is 8.76. The normalized spacial score (nSPS) is 25.7. The Labute approximate surface area is 88.1 Å². The third-order valence-electron chi connectivity index (χ3n) is 3.23. The first kappa shape index (κ1) is 10.1. The van der Waals surface area contributed by atoms with Crippen molar-refractivity contribution in [1.29, 1.82) is 0 Å². The van der Waals surface area contributed by atoms with E-state index in [0.717, 1.165) is 31.5 Å². The summed E-state index contributed by atoms with van der Waals surface area (Å²) in [5.74, 6) is 0.250. The van der Waals surface area contributed by atoms with Crippen molar-refractivity contribution < 1.29 is 9.90 Å². The van der Waals surface area contributed by atoms with Crippen molar-refractivity contribution >= 4 is 5.97 Å². The molecule has 0 aromatic carbocycles. The number of carbonyl (C=O) groups is 1. The van der Waals surface area contributed by atoms with E-state index >= 15 is 0 Å². The predicted octanol–water partition coefficient (Wildman–Crippen LogP) is 0.859. The lowest BCUT2D eigenvalue weighted by Gasteiger charge is -2.14. The molecule has 0 radical (unpaired) electrons. The Balaban J connectivity index is 2.06. The van der Waals surface area contributed by atoms with Gasteiger partial charge in [0.25, 0.3) is 0 Å². The van der Waals surface area contributed by atoms with Crippen LogP contribution in [-0.2, 0) is 18.3 Å². The molecule has 82 valence electrons. The number of aromatic nitrogens is 3. The predicted molar refractivity (Wildman–Crippen MR) is 53.2 cm³/mol. The quantitative estimate of drug-likeness (QED) is 0.801. The number of hydrogen-bond acceptors (Lipinski definition) is 3. The standard InChI is InChI=1S/C10H15N3O2/c1-13-9(11-6-12-13)5-7-3-2-4-8(7)10(14)15/h6-8H,2-5H2,1H3,(H,14,15). The van der Waals surface area contributed by atoms with E-state index < -0.39 is 5.97 Å². The summed E-state index contributed by atoms with van der Waals surface area (Å²) in [4.78, 5) is 15.1. The molecule has 1 fully saturated rings. The van der Waals surface area contributed by atoms with Gasteiger partial charge < -0.3 is 5.11 Å². The fourth-order valence-electron chi connectivity index (χ4n) is 2.35. The number of aliphatic carboxylic acids is 1. The highest BCUT2D eigenvalue weighted by Crippen LogP contribution is 2.33. The van der Waals surface area contributed by atoms with Gasteiger partial charge >= 0.3 is 5.97 Å². The Morgan fingerprint density at radius 2 is 2.47 bits per heavy atom. The lowest BCUT2D eigenvalue weighted by atomic mass is 9.93. The molecule has 1 aromatic heterocycles. The van der Waals surface area contributed by atoms with Crippen LogP contribution >= 0.6 is 0 Å². The average molecular weight is 209 g/mol. The molecule has 1 aromatic rings. The van der Waals surface area contributed by atoms with E-state index in [1.54, 1.807) is 4.68 Å². The van der Waals surface area contributed by atoms with E-state index in [1.165, 1.54) is 6.33 Å². The largest absolute Gasteiger partial charge is 0.481 e. The van der Waals surface area contributed by atoms with Crippen LogP contribution in [-0.4, -0.2) is 25.8 Å². The van der Waals surface area contributed by atoms with Gasteiger partial charge in [-0.3, -0.25) is 9.48 Å². The van der Waals surface area contributed by atoms with Crippen molar-refractivity contribution in [3.05, 3.63) is 12.2 Å². The minimum absolute atomic E-state index is 0.193. The molecule has 0 amide bonds. The van der Waals surface area contributed by atoms with Gasteiger partial charge in [0.2, 0.25) is 0 Å². The number of rotatable bonds is 3. The van der Waals surface area contributed by atoms with Gasteiger partial charge in [-0.2, -0.15) is 5.10 Å². The molecule has 0 spiro atoms. The van der Waals surface area contributed by atoms with Crippen LogP contribution in [0.4, 0.5) is 0 Å². The van der Waals surface area contributed by atoms with Crippen molar-refractivity contribution in [2.75, 3.05) is 0 Å². The first-order chi connectivity index (χ1) is 7.18. The molecule has 0 bridgehead atoms. The third-order valence-corrected chi connectivity index (χ3v) is 3.23. The first-order valence-corrected chi connectivity index (χ1v) is 5.24. The molecular formula is C10H15N3O2. The first-order valence-electron chi connectivity index (χ1n) is 5.24. The van der Waals surface area contributed by atoms with Crippen LogP contribution in [0.5, 0.6) is 0 Å². The van der Waals surface area contributed by atoms with Gasteiger partial charge in [-0.15, -0.1) is 0 Å². The number of nitrogens with zero attached hydrogens (tertiary/aromatic N) is 3. The summed E-state index contributed by atoms with van der Waals surface area (Å²) >= 11 is 0. The van der Waals surface area contributed by atoms with Gasteiger partial charge in [0.05, 0.1) is 5.92 Å². The maximum Gasteiger partial charge on any atom is 0.306 e. The Morgan fingerprint density at radius 1 is 1.67 bits per heavy atom. The van der Waals surface area contributed by atoms with Crippen molar-refractivity contribution in [3.8, 4) is 0 Å². The second kappa shape index (κ2) is 4.00. The number of hydrogen-bond donors (Lipinski definition) is 1. The highest BCUT2D eigenvalue weighted by Gasteiger charge is 2.33. The highest BCUT2D eigenvalue weighted by molar-refractivity contribution is 5.70. The lowest BCUT2D eigenvalue weighted by molar-refractivity contribution is -0.142. The summed E-state index contributed by atoms with van der Waals surface area (Å²) < 4.78 is 1.72. The number of carboxylic acids is 1. The zero-order chi connectivity index (χ0) is 10.8. The molecule has 1 N–H and O–H groups in total. The van der Waals surface area contributed by atoms with E-state index in [2.05, 4.69) is 10.1 Å². The third kappa shape index (κ3) is 2.00. The van der Waals surface area contributed by atoms with Crippen molar-refractivity contribution in [1.82, 2.24) is 14.8 Å². The van der Waals surface area contributed by atoms with Crippen LogP contribution in [0.15, 0.2) is 6.33 Å². The van der Waals surface area contributed by atoms with E-state index in [-0.39, 0.29) is 11.8 Å². The number of carboxylic acid groups (broad SMARTS) is 1. The van der Waals surface area contributed by atoms with Gasteiger partial charge in [0.15, 0.2) is 0 Å². The minimum atomic E-state index is -0.667. The molecule has 1 saturated carbocycles. The molecule has 2 unspecified atom stereocenters. The van der Waals surface area contributed by atoms with Crippen LogP contribution < -0.4 is 0 Å². The lowest BCUT2D eigenvalue weighted by Crippen LogP contribution is -2.21. The van der Waals surface area contributed by atoms with E-state index in [0.29, 0.717) is 0 Å². The van der Waals surface area contributed by atoms with Crippen LogP contribution in [0.1, 0.15) is 25.1 Å². The smallest absolute Gasteiger partial charge is 0.306 e. The molecule has 5 heteroatoms. The molecule has 1 aliphatic carbocycles. The van der Waals surface area contributed by atoms with Gasteiger partial charge in [0.1, 0.15) is 12.2 Å². The van der Waals surface area contributed by atoms with Crippen LogP contribution in [0.2, 0.25) is 0 Å². The Bertz CT molecular complexity index is 361. The van der Waals surface area contributed by atoms with Crippen molar-refractivity contribution in [2.24, 2.45) is 18.9 Å². The summed E-state index contributed by atoms with van der Waals surface area (Å²) in [5, 5.41) is 13.0. The second-order valence-electron chi connectivity index (χ2n) is 4.14. The van der Waals surface area contributed by atoms with Crippen molar-refractivity contribution in [2.45, 2.75) is 25.7 Å². The van der Waals surface area contributed by atoms with Crippen LogP contribution in [0.25, 0.3) is 0 Å². The van der Waals surface area contributed by atoms with E-state index in [1.807, 2.05) is 7.05 Å². The molecule has 0 saturated heterocycles. The molecule has 0 aliphatic heterocycles. The summed E-state index contributed by atoms with van der Waals surface area (Å²) in [7, 11) is 1.84. The Kier molecular flexibility index (Phi) is 2.70. The van der Waals surface area contributed by atoms with Gasteiger partial charge in [-0.25, -0.2) is 4.98 Å². The monoisotopic (exact) mass is 209 g/mol. The highest BCUT2D eigenvalue weighted by atomic mass is 16.4. The Morgan fingerprint density at radius 3 is 3.07 bits per heavy atom. The zero-order valence-corrected chi connectivity index (χ0v) is 8.76. The number of aryl methyl sites for hydroxylation is 1.